The fourth-order valence-electron chi connectivity index (χ4n) is 2.89. The number of ether oxygens (including phenoxy) is 1. The number of nitrogens with zero attached hydrogens (tertiary/aromatic N) is 1. The summed E-state index contributed by atoms with van der Waals surface area (Å²) < 4.78 is 5.41. The molecule has 3 nitrogen and oxygen atoms in total. The number of hydrogen-bond donors (Lipinski definition) is 1. The van der Waals surface area contributed by atoms with Crippen LogP contribution in [0.25, 0.3) is 0 Å². The maximum atomic E-state index is 5.55. The molecule has 1 atom stereocenters. The Kier molecular flexibility index (Phi) is 4.42. The summed E-state index contributed by atoms with van der Waals surface area (Å²) in [5, 5.41) is 0. The Morgan fingerprint density at radius 2 is 2.00 bits per heavy atom. The van der Waals surface area contributed by atoms with Gasteiger partial charge in [0.05, 0.1) is 0 Å². The van der Waals surface area contributed by atoms with Gasteiger partial charge in [-0.3, -0.25) is 4.90 Å². The molecule has 2 N–H and O–H groups in total. The third-order valence-corrected chi connectivity index (χ3v) is 3.84. The van der Waals surface area contributed by atoms with Crippen LogP contribution in [0, 0.1) is 5.92 Å². The van der Waals surface area contributed by atoms with E-state index in [0.29, 0.717) is 0 Å². The normalized spacial score (nSPS) is 29.8. The van der Waals surface area contributed by atoms with Crippen molar-refractivity contribution in [3.63, 3.8) is 0 Å². The molecular formula is C12H24N2O. The van der Waals surface area contributed by atoms with Gasteiger partial charge in [-0.2, -0.15) is 0 Å². The van der Waals surface area contributed by atoms with Gasteiger partial charge in [-0.15, -0.1) is 0 Å². The molecule has 0 amide bonds. The second-order valence-electron chi connectivity index (χ2n) is 4.92. The minimum absolute atomic E-state index is 0.807. The molecule has 0 bridgehead atoms. The molecule has 3 heteroatoms. The summed E-state index contributed by atoms with van der Waals surface area (Å²) in [6.07, 6.45) is 6.40. The molecular weight excluding hydrogens is 188 g/mol. The summed E-state index contributed by atoms with van der Waals surface area (Å²) in [6.45, 7) is 5.40. The molecule has 0 aliphatic carbocycles. The van der Waals surface area contributed by atoms with Crippen molar-refractivity contribution in [2.24, 2.45) is 11.7 Å². The molecule has 2 aliphatic rings. The van der Waals surface area contributed by atoms with E-state index in [1.807, 2.05) is 0 Å². The van der Waals surface area contributed by atoms with Gasteiger partial charge < -0.3 is 10.5 Å². The van der Waals surface area contributed by atoms with Crippen molar-refractivity contribution in [2.75, 3.05) is 32.8 Å². The van der Waals surface area contributed by atoms with Gasteiger partial charge in [0.15, 0.2) is 0 Å². The summed E-state index contributed by atoms with van der Waals surface area (Å²) in [6, 6.07) is 0.807. The van der Waals surface area contributed by atoms with Crippen LogP contribution < -0.4 is 5.73 Å². The molecule has 2 heterocycles. The lowest BCUT2D eigenvalue weighted by molar-refractivity contribution is 0.0410. The van der Waals surface area contributed by atoms with E-state index in [1.165, 1.54) is 45.2 Å². The summed E-state index contributed by atoms with van der Waals surface area (Å²) in [4.78, 5) is 2.68. The highest BCUT2D eigenvalue weighted by Crippen LogP contribution is 2.25. The van der Waals surface area contributed by atoms with E-state index in [1.54, 1.807) is 0 Å². The van der Waals surface area contributed by atoms with Crippen LogP contribution in [-0.2, 0) is 4.74 Å². The summed E-state index contributed by atoms with van der Waals surface area (Å²) in [5.41, 5.74) is 5.55. The van der Waals surface area contributed by atoms with E-state index in [0.717, 1.165) is 31.7 Å². The topological polar surface area (TPSA) is 38.5 Å². The Labute approximate surface area is 93.0 Å². The maximum absolute atomic E-state index is 5.55. The Morgan fingerprint density at radius 3 is 2.73 bits per heavy atom. The Balaban J connectivity index is 1.71. The molecule has 15 heavy (non-hydrogen) atoms. The zero-order chi connectivity index (χ0) is 10.5. The number of hydrogen-bond acceptors (Lipinski definition) is 3. The zero-order valence-electron chi connectivity index (χ0n) is 9.66. The lowest BCUT2D eigenvalue weighted by atomic mass is 10.0. The van der Waals surface area contributed by atoms with Crippen LogP contribution in [0.5, 0.6) is 0 Å². The SMILES string of the molecule is NCCCC1CCN(C2CCOCC2)C1. The van der Waals surface area contributed by atoms with Crippen molar-refractivity contribution < 1.29 is 4.74 Å². The Hall–Kier alpha value is -0.120. The molecule has 0 spiro atoms. The average Bonchev–Trinajstić information content (AvgIpc) is 2.76. The highest BCUT2D eigenvalue weighted by molar-refractivity contribution is 4.82. The Morgan fingerprint density at radius 1 is 1.20 bits per heavy atom. The quantitative estimate of drug-likeness (QED) is 0.761. The highest BCUT2D eigenvalue weighted by atomic mass is 16.5. The van der Waals surface area contributed by atoms with Crippen LogP contribution in [0.1, 0.15) is 32.1 Å². The summed E-state index contributed by atoms with van der Waals surface area (Å²) in [5.74, 6) is 0.913. The number of nitrogens with two attached hydrogens (primary N) is 1. The van der Waals surface area contributed by atoms with E-state index in [4.69, 9.17) is 10.5 Å². The molecule has 0 aromatic rings. The monoisotopic (exact) mass is 212 g/mol. The molecule has 2 saturated heterocycles. The highest BCUT2D eigenvalue weighted by Gasteiger charge is 2.28. The van der Waals surface area contributed by atoms with Crippen LogP contribution in [0.15, 0.2) is 0 Å². The van der Waals surface area contributed by atoms with E-state index in [-0.39, 0.29) is 0 Å². The third-order valence-electron chi connectivity index (χ3n) is 3.84. The first-order valence-electron chi connectivity index (χ1n) is 6.42. The average molecular weight is 212 g/mol. The largest absolute Gasteiger partial charge is 0.381 e. The lowest BCUT2D eigenvalue weighted by Crippen LogP contribution is -2.37. The predicted octanol–water partition coefficient (Wildman–Crippen LogP) is 1.23. The van der Waals surface area contributed by atoms with E-state index >= 15 is 0 Å². The van der Waals surface area contributed by atoms with Crippen molar-refractivity contribution in [1.29, 1.82) is 0 Å². The van der Waals surface area contributed by atoms with Gasteiger partial charge in [0.25, 0.3) is 0 Å². The fourth-order valence-corrected chi connectivity index (χ4v) is 2.89. The molecule has 0 radical (unpaired) electrons. The predicted molar refractivity (Wildman–Crippen MR) is 61.8 cm³/mol. The van der Waals surface area contributed by atoms with E-state index in [2.05, 4.69) is 4.90 Å². The van der Waals surface area contributed by atoms with E-state index in [9.17, 15) is 0 Å². The lowest BCUT2D eigenvalue weighted by Gasteiger charge is -2.31. The smallest absolute Gasteiger partial charge is 0.0480 e. The fraction of sp³-hybridized carbons (Fsp3) is 1.00. The van der Waals surface area contributed by atoms with Gasteiger partial charge in [0, 0.05) is 25.8 Å². The van der Waals surface area contributed by atoms with Crippen molar-refractivity contribution in [1.82, 2.24) is 4.90 Å². The molecule has 88 valence electrons. The van der Waals surface area contributed by atoms with Crippen LogP contribution in [0.4, 0.5) is 0 Å². The number of rotatable bonds is 4. The molecule has 2 fully saturated rings. The second kappa shape index (κ2) is 5.83. The van der Waals surface area contributed by atoms with Crippen molar-refractivity contribution in [3.05, 3.63) is 0 Å². The van der Waals surface area contributed by atoms with Crippen LogP contribution in [-0.4, -0.2) is 43.8 Å². The minimum Gasteiger partial charge on any atom is -0.381 e. The summed E-state index contributed by atoms with van der Waals surface area (Å²) >= 11 is 0. The second-order valence-corrected chi connectivity index (χ2v) is 4.92. The Bertz CT molecular complexity index is 180. The molecule has 0 saturated carbocycles. The van der Waals surface area contributed by atoms with Crippen LogP contribution >= 0.6 is 0 Å². The van der Waals surface area contributed by atoms with Crippen LogP contribution in [0.3, 0.4) is 0 Å². The van der Waals surface area contributed by atoms with Gasteiger partial charge in [-0.1, -0.05) is 0 Å². The zero-order valence-corrected chi connectivity index (χ0v) is 9.66. The van der Waals surface area contributed by atoms with Gasteiger partial charge in [-0.25, -0.2) is 0 Å². The van der Waals surface area contributed by atoms with Gasteiger partial charge in [-0.05, 0) is 51.1 Å². The molecule has 0 aromatic heterocycles. The van der Waals surface area contributed by atoms with Gasteiger partial charge in [0.1, 0.15) is 0 Å². The van der Waals surface area contributed by atoms with Gasteiger partial charge in [0.2, 0.25) is 0 Å². The number of likely N-dealkylation sites (tertiary alicyclic amines) is 1. The first-order valence-corrected chi connectivity index (χ1v) is 6.42. The van der Waals surface area contributed by atoms with Gasteiger partial charge >= 0.3 is 0 Å². The van der Waals surface area contributed by atoms with Crippen molar-refractivity contribution >= 4 is 0 Å². The van der Waals surface area contributed by atoms with Crippen molar-refractivity contribution in [2.45, 2.75) is 38.1 Å². The molecule has 2 aliphatic heterocycles. The molecule has 0 aromatic carbocycles. The van der Waals surface area contributed by atoms with Crippen LogP contribution in [0.2, 0.25) is 0 Å². The van der Waals surface area contributed by atoms with E-state index < -0.39 is 0 Å². The maximum Gasteiger partial charge on any atom is 0.0480 e. The minimum atomic E-state index is 0.807. The molecule has 2 rings (SSSR count). The first kappa shape index (κ1) is 11.4. The summed E-state index contributed by atoms with van der Waals surface area (Å²) in [7, 11) is 0. The first-order chi connectivity index (χ1) is 7.40. The van der Waals surface area contributed by atoms with Crippen molar-refractivity contribution in [3.8, 4) is 0 Å². The third kappa shape index (κ3) is 3.16. The molecule has 1 unspecified atom stereocenters. The standard InChI is InChI=1S/C12H24N2O/c13-6-1-2-11-3-7-14(10-11)12-4-8-15-9-5-12/h11-12H,1-10,13H2.